The van der Waals surface area contributed by atoms with Crippen LogP contribution in [0, 0.1) is 6.92 Å². The van der Waals surface area contributed by atoms with Gasteiger partial charge < -0.3 is 10.6 Å². The van der Waals surface area contributed by atoms with Crippen molar-refractivity contribution in [1.29, 1.82) is 0 Å². The molecule has 1 amide bonds. The number of aryl methyl sites for hydroxylation is 1. The van der Waals surface area contributed by atoms with Crippen LogP contribution in [0.15, 0.2) is 66.9 Å². The zero-order valence-corrected chi connectivity index (χ0v) is 20.3. The van der Waals surface area contributed by atoms with Gasteiger partial charge in [-0.2, -0.15) is 0 Å². The summed E-state index contributed by atoms with van der Waals surface area (Å²) >= 11 is 12.4. The smallest absolute Gasteiger partial charge is 0.258 e. The van der Waals surface area contributed by atoms with E-state index in [0.29, 0.717) is 34.3 Å². The van der Waals surface area contributed by atoms with E-state index in [1.54, 1.807) is 30.5 Å². The van der Waals surface area contributed by atoms with E-state index >= 15 is 0 Å². The highest BCUT2D eigenvalue weighted by atomic mass is 35.5. The third-order valence-electron chi connectivity index (χ3n) is 5.52. The summed E-state index contributed by atoms with van der Waals surface area (Å²) in [5.41, 5.74) is 4.32. The maximum absolute atomic E-state index is 13.0. The Hall–Kier alpha value is -3.41. The molecule has 0 unspecified atom stereocenters. The summed E-state index contributed by atoms with van der Waals surface area (Å²) < 4.78 is 0. The second kappa shape index (κ2) is 10.2. The fourth-order valence-electron chi connectivity index (χ4n) is 3.78. The number of rotatable bonds is 7. The van der Waals surface area contributed by atoms with Gasteiger partial charge in [-0.1, -0.05) is 66.5 Å². The SMILES string of the molecule is CCCC(=O)c1cnc2c(NC(=O)c3c(Cl)cccc3Cl)cccc2c1Nc1ccccc1C. The molecule has 0 bridgehead atoms. The lowest BCUT2D eigenvalue weighted by Gasteiger charge is -2.17. The number of para-hydroxylation sites is 2. The summed E-state index contributed by atoms with van der Waals surface area (Å²) in [5.74, 6) is -0.435. The normalized spacial score (nSPS) is 10.8. The van der Waals surface area contributed by atoms with Crippen LogP contribution in [0.25, 0.3) is 10.9 Å². The molecule has 0 aliphatic rings. The first-order valence-corrected chi connectivity index (χ1v) is 11.7. The second-order valence-corrected chi connectivity index (χ2v) is 8.73. The van der Waals surface area contributed by atoms with Crippen molar-refractivity contribution < 1.29 is 9.59 Å². The van der Waals surface area contributed by atoms with Crippen molar-refractivity contribution in [1.82, 2.24) is 4.98 Å². The third kappa shape index (κ3) is 4.76. The molecule has 0 aliphatic heterocycles. The van der Waals surface area contributed by atoms with Crippen LogP contribution >= 0.6 is 23.2 Å². The van der Waals surface area contributed by atoms with E-state index in [1.165, 1.54) is 0 Å². The van der Waals surface area contributed by atoms with E-state index in [1.807, 2.05) is 50.2 Å². The number of carbonyl (C=O) groups is 2. The summed E-state index contributed by atoms with van der Waals surface area (Å²) in [5, 5.41) is 7.54. The predicted molar refractivity (Wildman–Crippen MR) is 140 cm³/mol. The molecule has 0 saturated heterocycles. The summed E-state index contributed by atoms with van der Waals surface area (Å²) in [4.78, 5) is 30.5. The quantitative estimate of drug-likeness (QED) is 0.258. The maximum atomic E-state index is 13.0. The average Bonchev–Trinajstić information content (AvgIpc) is 2.81. The van der Waals surface area contributed by atoms with Gasteiger partial charge in [0.05, 0.1) is 38.1 Å². The van der Waals surface area contributed by atoms with Crippen LogP contribution in [-0.2, 0) is 0 Å². The predicted octanol–water partition coefficient (Wildman–Crippen LogP) is 7.83. The highest BCUT2D eigenvalue weighted by molar-refractivity contribution is 6.40. The van der Waals surface area contributed by atoms with Gasteiger partial charge in [-0.25, -0.2) is 0 Å². The minimum atomic E-state index is -0.440. The van der Waals surface area contributed by atoms with E-state index in [4.69, 9.17) is 23.2 Å². The van der Waals surface area contributed by atoms with E-state index in [9.17, 15) is 9.59 Å². The van der Waals surface area contributed by atoms with Crippen LogP contribution in [0.4, 0.5) is 17.1 Å². The Labute approximate surface area is 208 Å². The highest BCUT2D eigenvalue weighted by Gasteiger charge is 2.20. The van der Waals surface area contributed by atoms with Gasteiger partial charge in [0, 0.05) is 23.7 Å². The molecule has 5 nitrogen and oxygen atoms in total. The molecule has 0 spiro atoms. The number of halogens is 2. The van der Waals surface area contributed by atoms with Crippen molar-refractivity contribution >= 4 is 62.9 Å². The highest BCUT2D eigenvalue weighted by Crippen LogP contribution is 2.35. The molecule has 3 aromatic carbocycles. The number of fused-ring (bicyclic) bond motifs is 1. The minimum absolute atomic E-state index is 0.00488. The molecule has 4 rings (SSSR count). The van der Waals surface area contributed by atoms with Gasteiger partial charge in [-0.15, -0.1) is 0 Å². The fourth-order valence-corrected chi connectivity index (χ4v) is 4.35. The average molecular weight is 492 g/mol. The molecule has 0 fully saturated rings. The summed E-state index contributed by atoms with van der Waals surface area (Å²) in [6.07, 6.45) is 2.71. The van der Waals surface area contributed by atoms with Gasteiger partial charge in [0.15, 0.2) is 5.78 Å². The molecule has 4 aromatic rings. The Balaban J connectivity index is 1.83. The molecule has 34 heavy (non-hydrogen) atoms. The first kappa shape index (κ1) is 23.7. The van der Waals surface area contributed by atoms with Gasteiger partial charge in [0.25, 0.3) is 5.91 Å². The molecule has 0 radical (unpaired) electrons. The van der Waals surface area contributed by atoms with Crippen molar-refractivity contribution in [3.63, 3.8) is 0 Å². The standard InChI is InChI=1S/C27H23Cl2N3O2/c1-3-8-23(33)18-15-30-26-17(25(18)31-21-13-5-4-9-16(21)2)10-6-14-22(26)32-27(34)24-19(28)11-7-12-20(24)29/h4-7,9-15H,3,8H2,1-2H3,(H,30,31)(H,32,34). The van der Waals surface area contributed by atoms with E-state index in [0.717, 1.165) is 17.7 Å². The minimum Gasteiger partial charge on any atom is -0.354 e. The summed E-state index contributed by atoms with van der Waals surface area (Å²) in [7, 11) is 0. The Morgan fingerprint density at radius 3 is 2.29 bits per heavy atom. The zero-order valence-electron chi connectivity index (χ0n) is 18.8. The van der Waals surface area contributed by atoms with Gasteiger partial charge in [0.2, 0.25) is 0 Å². The van der Waals surface area contributed by atoms with Crippen LogP contribution in [0.2, 0.25) is 10.0 Å². The van der Waals surface area contributed by atoms with Crippen molar-refractivity contribution in [2.45, 2.75) is 26.7 Å². The Morgan fingerprint density at radius 2 is 1.59 bits per heavy atom. The molecular weight excluding hydrogens is 469 g/mol. The molecule has 172 valence electrons. The molecular formula is C27H23Cl2N3O2. The number of pyridine rings is 1. The number of hydrogen-bond acceptors (Lipinski definition) is 4. The zero-order chi connectivity index (χ0) is 24.2. The van der Waals surface area contributed by atoms with Crippen molar-refractivity contribution in [2.24, 2.45) is 0 Å². The third-order valence-corrected chi connectivity index (χ3v) is 6.15. The van der Waals surface area contributed by atoms with Gasteiger partial charge in [-0.05, 0) is 43.2 Å². The van der Waals surface area contributed by atoms with Gasteiger partial charge >= 0.3 is 0 Å². The van der Waals surface area contributed by atoms with Crippen LogP contribution in [0.1, 0.15) is 46.0 Å². The number of carbonyl (C=O) groups excluding carboxylic acids is 2. The monoisotopic (exact) mass is 491 g/mol. The summed E-state index contributed by atoms with van der Waals surface area (Å²) in [6, 6.07) is 18.2. The van der Waals surface area contributed by atoms with Gasteiger partial charge in [-0.3, -0.25) is 14.6 Å². The number of nitrogens with zero attached hydrogens (tertiary/aromatic N) is 1. The maximum Gasteiger partial charge on any atom is 0.258 e. The number of aromatic nitrogens is 1. The largest absolute Gasteiger partial charge is 0.354 e. The van der Waals surface area contributed by atoms with Crippen molar-refractivity contribution in [3.8, 4) is 0 Å². The number of benzene rings is 3. The summed E-state index contributed by atoms with van der Waals surface area (Å²) in [6.45, 7) is 3.96. The molecule has 0 aliphatic carbocycles. The number of nitrogens with one attached hydrogen (secondary N) is 2. The van der Waals surface area contributed by atoms with Crippen LogP contribution < -0.4 is 10.6 Å². The van der Waals surface area contributed by atoms with Gasteiger partial charge in [0.1, 0.15) is 0 Å². The van der Waals surface area contributed by atoms with E-state index in [-0.39, 0.29) is 21.4 Å². The lowest BCUT2D eigenvalue weighted by atomic mass is 10.0. The van der Waals surface area contributed by atoms with Crippen molar-refractivity contribution in [2.75, 3.05) is 10.6 Å². The lowest BCUT2D eigenvalue weighted by Crippen LogP contribution is -2.14. The Bertz CT molecular complexity index is 1380. The number of anilines is 3. The van der Waals surface area contributed by atoms with Crippen molar-refractivity contribution in [3.05, 3.63) is 93.6 Å². The number of amides is 1. The second-order valence-electron chi connectivity index (χ2n) is 7.91. The number of ketones is 1. The molecule has 2 N–H and O–H groups in total. The molecule has 1 aromatic heterocycles. The van der Waals surface area contributed by atoms with Crippen LogP contribution in [0.3, 0.4) is 0 Å². The molecule has 0 saturated carbocycles. The van der Waals surface area contributed by atoms with Crippen LogP contribution in [0.5, 0.6) is 0 Å². The number of hydrogen-bond donors (Lipinski definition) is 2. The van der Waals surface area contributed by atoms with E-state index < -0.39 is 5.91 Å². The molecule has 0 atom stereocenters. The Morgan fingerprint density at radius 1 is 0.912 bits per heavy atom. The molecule has 7 heteroatoms. The fraction of sp³-hybridized carbons (Fsp3) is 0.148. The van der Waals surface area contributed by atoms with Crippen LogP contribution in [-0.4, -0.2) is 16.7 Å². The van der Waals surface area contributed by atoms with E-state index in [2.05, 4.69) is 15.6 Å². The lowest BCUT2D eigenvalue weighted by molar-refractivity contribution is 0.0980. The first-order chi connectivity index (χ1) is 16.4. The topological polar surface area (TPSA) is 71.1 Å². The number of Topliss-reactive ketones (excluding diaryl/α,β-unsaturated/α-hetero) is 1. The molecule has 1 heterocycles. The first-order valence-electron chi connectivity index (χ1n) is 10.9. The Kier molecular flexibility index (Phi) is 7.15.